The maximum Gasteiger partial charge on any atom is 0.255 e. The molecule has 0 bridgehead atoms. The Balaban J connectivity index is 1.15. The van der Waals surface area contributed by atoms with E-state index in [2.05, 4.69) is 30.6 Å². The quantitative estimate of drug-likeness (QED) is 0.244. The number of alkyl halides is 2. The number of imidazole rings is 1. The van der Waals surface area contributed by atoms with Crippen molar-refractivity contribution < 1.29 is 22.4 Å². The summed E-state index contributed by atoms with van der Waals surface area (Å²) in [6, 6.07) is 6.14. The molecule has 2 N–H and O–H groups in total. The molecule has 1 aromatic carbocycles. The maximum atomic E-state index is 15.0. The van der Waals surface area contributed by atoms with Gasteiger partial charge < -0.3 is 20.1 Å². The molecule has 13 heteroatoms. The van der Waals surface area contributed by atoms with Crippen molar-refractivity contribution in [1.29, 1.82) is 0 Å². The van der Waals surface area contributed by atoms with E-state index in [1.807, 2.05) is 18.4 Å². The van der Waals surface area contributed by atoms with Crippen LogP contribution in [0.25, 0.3) is 22.3 Å². The van der Waals surface area contributed by atoms with Crippen LogP contribution < -0.4 is 10.6 Å². The molecule has 3 aromatic heterocycles. The first kappa shape index (κ1) is 29.9. The van der Waals surface area contributed by atoms with Gasteiger partial charge in [-0.15, -0.1) is 0 Å². The number of nitrogens with zero attached hydrogens (tertiary/aromatic N) is 6. The van der Waals surface area contributed by atoms with Gasteiger partial charge in [-0.2, -0.15) is 0 Å². The van der Waals surface area contributed by atoms with Gasteiger partial charge in [0.25, 0.3) is 11.8 Å². The summed E-state index contributed by atoms with van der Waals surface area (Å²) in [5.74, 6) is -2.93. The first-order valence-electron chi connectivity index (χ1n) is 14.8. The number of aromatic nitrogens is 5. The van der Waals surface area contributed by atoms with Crippen LogP contribution in [0.5, 0.6) is 0 Å². The minimum absolute atomic E-state index is 0.0189. The number of carbonyl (C=O) groups is 1. The Morgan fingerprint density at radius 1 is 1.00 bits per heavy atom. The van der Waals surface area contributed by atoms with Crippen molar-refractivity contribution in [2.45, 2.75) is 77.4 Å². The molecule has 1 aliphatic heterocycles. The summed E-state index contributed by atoms with van der Waals surface area (Å²) < 4.78 is 58.1. The molecule has 9 nitrogen and oxygen atoms in total. The number of carbonyl (C=O) groups excluding carboxylic acids is 1. The van der Waals surface area contributed by atoms with Crippen LogP contribution in [-0.4, -0.2) is 66.4 Å². The molecule has 1 amide bonds. The fraction of sp³-hybridized carbons (Fsp3) is 0.452. The van der Waals surface area contributed by atoms with Crippen LogP contribution in [0, 0.1) is 25.5 Å². The highest BCUT2D eigenvalue weighted by Crippen LogP contribution is 2.38. The second-order valence-corrected chi connectivity index (χ2v) is 12.0. The predicted octanol–water partition coefficient (Wildman–Crippen LogP) is 6.10. The highest BCUT2D eigenvalue weighted by Gasteiger charge is 2.46. The van der Waals surface area contributed by atoms with E-state index in [4.69, 9.17) is 0 Å². The first-order valence-corrected chi connectivity index (χ1v) is 14.8. The van der Waals surface area contributed by atoms with Crippen molar-refractivity contribution in [3.8, 4) is 11.3 Å². The molecular weight excluding hydrogens is 576 g/mol. The number of benzene rings is 1. The van der Waals surface area contributed by atoms with Crippen LogP contribution in [-0.2, 0) is 0 Å². The largest absolute Gasteiger partial charge is 0.338 e. The molecule has 6 rings (SSSR count). The zero-order valence-electron chi connectivity index (χ0n) is 25.0. The average Bonchev–Trinajstić information content (AvgIpc) is 3.30. The van der Waals surface area contributed by atoms with E-state index in [1.165, 1.54) is 6.07 Å². The standard InChI is InChI=1S/C31H34F4N8O/c1-16(2)43-18(4)38-28-23(32)11-19(12-25(28)43)27-24(33)15-36-30(41-27)40-26-6-5-22(17(3)37-26)29(44)42-9-7-20(8-10-42)39-21-13-31(34,35)14-21/h5-6,11-12,15-16,20-21,39H,7-10,13-14H2,1-4H3,(H,36,37,40,41). The number of aryl methyl sites for hydroxylation is 2. The van der Waals surface area contributed by atoms with Gasteiger partial charge in [-0.25, -0.2) is 37.5 Å². The fourth-order valence-corrected chi connectivity index (χ4v) is 6.19. The molecule has 4 heterocycles. The van der Waals surface area contributed by atoms with Gasteiger partial charge in [-0.05, 0) is 64.8 Å². The number of likely N-dealkylation sites (tertiary alicyclic amines) is 1. The highest BCUT2D eigenvalue weighted by molar-refractivity contribution is 5.95. The lowest BCUT2D eigenvalue weighted by Crippen LogP contribution is -2.54. The summed E-state index contributed by atoms with van der Waals surface area (Å²) in [4.78, 5) is 32.2. The van der Waals surface area contributed by atoms with Crippen LogP contribution >= 0.6 is 0 Å². The van der Waals surface area contributed by atoms with Crippen LogP contribution in [0.4, 0.5) is 29.3 Å². The Morgan fingerprint density at radius 2 is 1.73 bits per heavy atom. The number of hydrogen-bond acceptors (Lipinski definition) is 7. The van der Waals surface area contributed by atoms with Crippen molar-refractivity contribution >= 4 is 28.7 Å². The van der Waals surface area contributed by atoms with Crippen molar-refractivity contribution in [1.82, 2.24) is 34.7 Å². The Labute approximate surface area is 252 Å². The molecular formula is C31H34F4N8O. The molecule has 1 saturated carbocycles. The molecule has 44 heavy (non-hydrogen) atoms. The van der Waals surface area contributed by atoms with Gasteiger partial charge >= 0.3 is 0 Å². The topological polar surface area (TPSA) is 101 Å². The number of hydrogen-bond donors (Lipinski definition) is 2. The molecule has 0 atom stereocenters. The molecule has 0 radical (unpaired) electrons. The van der Waals surface area contributed by atoms with Crippen molar-refractivity contribution in [3.05, 3.63) is 59.2 Å². The minimum atomic E-state index is -2.56. The lowest BCUT2D eigenvalue weighted by molar-refractivity contribution is -0.0956. The Kier molecular flexibility index (Phi) is 7.76. The fourth-order valence-electron chi connectivity index (χ4n) is 6.19. The van der Waals surface area contributed by atoms with E-state index in [-0.39, 0.29) is 59.6 Å². The van der Waals surface area contributed by atoms with E-state index in [9.17, 15) is 18.0 Å². The Hall–Kier alpha value is -4.13. The molecule has 2 aliphatic rings. The lowest BCUT2D eigenvalue weighted by Gasteiger charge is -2.40. The van der Waals surface area contributed by atoms with E-state index < -0.39 is 17.6 Å². The summed E-state index contributed by atoms with van der Waals surface area (Å²) in [5, 5.41) is 6.25. The van der Waals surface area contributed by atoms with Crippen LogP contribution in [0.3, 0.4) is 0 Å². The number of nitrogens with one attached hydrogen (secondary N) is 2. The van der Waals surface area contributed by atoms with Gasteiger partial charge in [-0.3, -0.25) is 4.79 Å². The normalized spacial score (nSPS) is 17.3. The second-order valence-electron chi connectivity index (χ2n) is 12.0. The third kappa shape index (κ3) is 5.84. The monoisotopic (exact) mass is 610 g/mol. The van der Waals surface area contributed by atoms with E-state index in [1.54, 1.807) is 36.9 Å². The predicted molar refractivity (Wildman–Crippen MR) is 158 cm³/mol. The van der Waals surface area contributed by atoms with Crippen LogP contribution in [0.2, 0.25) is 0 Å². The smallest absolute Gasteiger partial charge is 0.255 e. The summed E-state index contributed by atoms with van der Waals surface area (Å²) in [5.41, 5.74) is 1.86. The lowest BCUT2D eigenvalue weighted by atomic mass is 9.87. The van der Waals surface area contributed by atoms with Crippen molar-refractivity contribution in [3.63, 3.8) is 0 Å². The van der Waals surface area contributed by atoms with Gasteiger partial charge in [0.05, 0.1) is 23.0 Å². The van der Waals surface area contributed by atoms with Crippen molar-refractivity contribution in [2.24, 2.45) is 0 Å². The molecule has 1 aliphatic carbocycles. The Bertz CT molecular complexity index is 1720. The molecule has 2 fully saturated rings. The average molecular weight is 611 g/mol. The van der Waals surface area contributed by atoms with Gasteiger partial charge in [0.2, 0.25) is 5.95 Å². The number of halogens is 4. The molecule has 4 aromatic rings. The summed E-state index contributed by atoms with van der Waals surface area (Å²) in [6.45, 7) is 8.49. The number of fused-ring (bicyclic) bond motifs is 1. The van der Waals surface area contributed by atoms with Crippen molar-refractivity contribution in [2.75, 3.05) is 18.4 Å². The summed E-state index contributed by atoms with van der Waals surface area (Å²) in [7, 11) is 0. The zero-order valence-corrected chi connectivity index (χ0v) is 25.0. The molecule has 1 saturated heterocycles. The SMILES string of the molecule is Cc1nc(Nc2ncc(F)c(-c3cc(F)c4nc(C)n(C(C)C)c4c3)n2)ccc1C(=O)N1CCC(NC2CC(F)(F)C2)CC1. The number of piperidine rings is 1. The number of rotatable bonds is 7. The van der Waals surface area contributed by atoms with Gasteiger partial charge in [0.15, 0.2) is 11.6 Å². The maximum absolute atomic E-state index is 15.0. The van der Waals surface area contributed by atoms with Gasteiger partial charge in [0.1, 0.15) is 22.9 Å². The van der Waals surface area contributed by atoms with Gasteiger partial charge in [-0.1, -0.05) is 0 Å². The first-order chi connectivity index (χ1) is 20.9. The summed E-state index contributed by atoms with van der Waals surface area (Å²) in [6.07, 6.45) is 2.15. The van der Waals surface area contributed by atoms with Crippen LogP contribution in [0.15, 0.2) is 30.5 Å². The summed E-state index contributed by atoms with van der Waals surface area (Å²) >= 11 is 0. The molecule has 232 valence electrons. The third-order valence-electron chi connectivity index (χ3n) is 8.36. The van der Waals surface area contributed by atoms with E-state index >= 15 is 4.39 Å². The number of anilines is 2. The van der Waals surface area contributed by atoms with Crippen LogP contribution in [0.1, 0.15) is 67.4 Å². The highest BCUT2D eigenvalue weighted by atomic mass is 19.3. The third-order valence-corrected chi connectivity index (χ3v) is 8.36. The second kappa shape index (κ2) is 11.4. The zero-order chi connectivity index (χ0) is 31.3. The van der Waals surface area contributed by atoms with E-state index in [0.717, 1.165) is 6.20 Å². The Morgan fingerprint density at radius 3 is 2.39 bits per heavy atom. The number of amides is 1. The molecule has 0 unspecified atom stereocenters. The molecule has 0 spiro atoms. The minimum Gasteiger partial charge on any atom is -0.338 e. The van der Waals surface area contributed by atoms with E-state index in [0.29, 0.717) is 54.3 Å². The number of pyridine rings is 1. The van der Waals surface area contributed by atoms with Gasteiger partial charge in [0, 0.05) is 49.6 Å².